The van der Waals surface area contributed by atoms with Crippen molar-refractivity contribution in [3.05, 3.63) is 63.6 Å². The SMILES string of the molecule is O=C([C@@H]1CCCN(S(=O)(=O)Cc2ccc(Cl)cc2Cl)C1)N1CCCc2ccccc21. The fourth-order valence-corrected chi connectivity index (χ4v) is 6.50. The third-order valence-electron chi connectivity index (χ3n) is 5.86. The number of nitrogens with zero attached hydrogens (tertiary/aromatic N) is 2. The average molecular weight is 467 g/mol. The van der Waals surface area contributed by atoms with Gasteiger partial charge in [0.1, 0.15) is 0 Å². The first kappa shape index (κ1) is 21.6. The van der Waals surface area contributed by atoms with E-state index in [0.29, 0.717) is 41.5 Å². The van der Waals surface area contributed by atoms with Crippen molar-refractivity contribution >= 4 is 44.8 Å². The van der Waals surface area contributed by atoms with E-state index in [0.717, 1.165) is 18.5 Å². The van der Waals surface area contributed by atoms with Crippen LogP contribution in [-0.4, -0.2) is 38.3 Å². The Hall–Kier alpha value is -1.60. The Morgan fingerprint density at radius 1 is 1.07 bits per heavy atom. The molecule has 2 aromatic carbocycles. The summed E-state index contributed by atoms with van der Waals surface area (Å²) in [7, 11) is -3.59. The normalized spacial score (nSPS) is 20.1. The lowest BCUT2D eigenvalue weighted by Gasteiger charge is -2.36. The number of rotatable bonds is 4. The third-order valence-corrected chi connectivity index (χ3v) is 8.24. The lowest BCUT2D eigenvalue weighted by atomic mass is 9.95. The number of halogens is 2. The molecular formula is C22H24Cl2N2O3S. The number of hydrogen-bond acceptors (Lipinski definition) is 3. The summed E-state index contributed by atoms with van der Waals surface area (Å²) in [6.07, 6.45) is 3.25. The van der Waals surface area contributed by atoms with E-state index >= 15 is 0 Å². The summed E-state index contributed by atoms with van der Waals surface area (Å²) in [4.78, 5) is 15.1. The van der Waals surface area contributed by atoms with Crippen LogP contribution in [-0.2, 0) is 27.0 Å². The van der Waals surface area contributed by atoms with E-state index < -0.39 is 10.0 Å². The van der Waals surface area contributed by atoms with Gasteiger partial charge in [-0.1, -0.05) is 47.5 Å². The van der Waals surface area contributed by atoms with Crippen molar-refractivity contribution in [2.75, 3.05) is 24.5 Å². The van der Waals surface area contributed by atoms with E-state index in [-0.39, 0.29) is 24.1 Å². The first-order chi connectivity index (χ1) is 14.3. The molecule has 8 heteroatoms. The maximum Gasteiger partial charge on any atom is 0.231 e. The summed E-state index contributed by atoms with van der Waals surface area (Å²) in [5.41, 5.74) is 2.65. The molecule has 0 unspecified atom stereocenters. The van der Waals surface area contributed by atoms with Gasteiger partial charge in [0.05, 0.1) is 11.7 Å². The van der Waals surface area contributed by atoms with Crippen molar-refractivity contribution < 1.29 is 13.2 Å². The molecule has 0 aliphatic carbocycles. The molecule has 1 saturated heterocycles. The van der Waals surface area contributed by atoms with E-state index in [1.54, 1.807) is 18.2 Å². The van der Waals surface area contributed by atoms with Gasteiger partial charge in [-0.2, -0.15) is 0 Å². The molecule has 4 rings (SSSR count). The first-order valence-corrected chi connectivity index (χ1v) is 12.5. The van der Waals surface area contributed by atoms with Crippen LogP contribution in [0.5, 0.6) is 0 Å². The van der Waals surface area contributed by atoms with Gasteiger partial charge in [0.2, 0.25) is 15.9 Å². The van der Waals surface area contributed by atoms with Crippen LogP contribution >= 0.6 is 23.2 Å². The van der Waals surface area contributed by atoms with Crippen molar-refractivity contribution in [2.45, 2.75) is 31.4 Å². The van der Waals surface area contributed by atoms with Gasteiger partial charge in [-0.25, -0.2) is 12.7 Å². The molecular weight excluding hydrogens is 443 g/mol. The number of aryl methyl sites for hydroxylation is 1. The molecule has 0 bridgehead atoms. The molecule has 2 aliphatic rings. The summed E-state index contributed by atoms with van der Waals surface area (Å²) in [5, 5.41) is 0.798. The van der Waals surface area contributed by atoms with Crippen molar-refractivity contribution in [1.82, 2.24) is 4.31 Å². The van der Waals surface area contributed by atoms with Crippen molar-refractivity contribution in [3.8, 4) is 0 Å². The molecule has 2 aliphatic heterocycles. The summed E-state index contributed by atoms with van der Waals surface area (Å²) < 4.78 is 27.5. The number of amides is 1. The molecule has 0 N–H and O–H groups in total. The number of benzene rings is 2. The Bertz CT molecular complexity index is 1060. The summed E-state index contributed by atoms with van der Waals surface area (Å²) in [5.74, 6) is -0.511. The van der Waals surface area contributed by atoms with E-state index in [1.807, 2.05) is 23.1 Å². The van der Waals surface area contributed by atoms with Gasteiger partial charge in [-0.3, -0.25) is 4.79 Å². The first-order valence-electron chi connectivity index (χ1n) is 10.2. The number of anilines is 1. The van der Waals surface area contributed by atoms with E-state index in [4.69, 9.17) is 23.2 Å². The van der Waals surface area contributed by atoms with Crippen molar-refractivity contribution in [2.24, 2.45) is 5.92 Å². The predicted octanol–water partition coefficient (Wildman–Crippen LogP) is 4.51. The quantitative estimate of drug-likeness (QED) is 0.665. The molecule has 1 atom stereocenters. The highest BCUT2D eigenvalue weighted by atomic mass is 35.5. The lowest BCUT2D eigenvalue weighted by molar-refractivity contribution is -0.123. The van der Waals surface area contributed by atoms with Crippen LogP contribution in [0.4, 0.5) is 5.69 Å². The maximum atomic E-state index is 13.3. The zero-order valence-corrected chi connectivity index (χ0v) is 18.9. The molecule has 5 nitrogen and oxygen atoms in total. The number of fused-ring (bicyclic) bond motifs is 1. The monoisotopic (exact) mass is 466 g/mol. The number of carbonyl (C=O) groups excluding carboxylic acids is 1. The molecule has 2 aromatic rings. The van der Waals surface area contributed by atoms with Crippen LogP contribution in [0, 0.1) is 5.92 Å². The second kappa shape index (κ2) is 8.87. The zero-order chi connectivity index (χ0) is 21.3. The minimum atomic E-state index is -3.59. The van der Waals surface area contributed by atoms with Crippen molar-refractivity contribution in [1.29, 1.82) is 0 Å². The van der Waals surface area contributed by atoms with Crippen LogP contribution in [0.2, 0.25) is 10.0 Å². The topological polar surface area (TPSA) is 57.7 Å². The fourth-order valence-electron chi connectivity index (χ4n) is 4.31. The average Bonchev–Trinajstić information content (AvgIpc) is 2.75. The number of sulfonamides is 1. The van der Waals surface area contributed by atoms with Crippen LogP contribution in [0.25, 0.3) is 0 Å². The van der Waals surface area contributed by atoms with Crippen LogP contribution in [0.15, 0.2) is 42.5 Å². The Labute approximate surface area is 187 Å². The van der Waals surface area contributed by atoms with Crippen LogP contribution in [0.1, 0.15) is 30.4 Å². The maximum absolute atomic E-state index is 13.3. The van der Waals surface area contributed by atoms with Crippen LogP contribution in [0.3, 0.4) is 0 Å². The highest BCUT2D eigenvalue weighted by Crippen LogP contribution is 2.31. The van der Waals surface area contributed by atoms with Gasteiger partial charge in [-0.15, -0.1) is 0 Å². The Kier molecular flexibility index (Phi) is 6.39. The summed E-state index contributed by atoms with van der Waals surface area (Å²) in [6, 6.07) is 12.8. The summed E-state index contributed by atoms with van der Waals surface area (Å²) in [6.45, 7) is 1.32. The molecule has 160 valence electrons. The molecule has 0 radical (unpaired) electrons. The molecule has 0 saturated carbocycles. The summed E-state index contributed by atoms with van der Waals surface area (Å²) >= 11 is 12.1. The third kappa shape index (κ3) is 4.52. The minimum Gasteiger partial charge on any atom is -0.312 e. The van der Waals surface area contributed by atoms with E-state index in [1.165, 1.54) is 9.87 Å². The fraction of sp³-hybridized carbons (Fsp3) is 0.409. The van der Waals surface area contributed by atoms with E-state index in [9.17, 15) is 13.2 Å². The largest absolute Gasteiger partial charge is 0.312 e. The van der Waals surface area contributed by atoms with E-state index in [2.05, 4.69) is 6.07 Å². The highest BCUT2D eigenvalue weighted by molar-refractivity contribution is 7.88. The molecule has 1 amide bonds. The van der Waals surface area contributed by atoms with Crippen molar-refractivity contribution in [3.63, 3.8) is 0 Å². The van der Waals surface area contributed by atoms with Gasteiger partial charge in [0.25, 0.3) is 0 Å². The zero-order valence-electron chi connectivity index (χ0n) is 16.6. The molecule has 0 spiro atoms. The van der Waals surface area contributed by atoms with Gasteiger partial charge in [-0.05, 0) is 55.0 Å². The number of carbonyl (C=O) groups is 1. The van der Waals surface area contributed by atoms with Gasteiger partial charge in [0, 0.05) is 35.4 Å². The smallest absolute Gasteiger partial charge is 0.231 e. The standard InChI is InChI=1S/C22H24Cl2N2O3S/c23-19-10-9-18(20(24)13-19)15-30(28,29)25-11-3-7-17(14-25)22(27)26-12-4-6-16-5-1-2-8-21(16)26/h1-2,5,8-10,13,17H,3-4,6-7,11-12,14-15H2/t17-/m1/s1. The molecule has 0 aromatic heterocycles. The lowest BCUT2D eigenvalue weighted by Crippen LogP contribution is -2.48. The Balaban J connectivity index is 1.50. The molecule has 2 heterocycles. The number of piperidine rings is 1. The Morgan fingerprint density at radius 3 is 2.67 bits per heavy atom. The van der Waals surface area contributed by atoms with Crippen LogP contribution < -0.4 is 4.90 Å². The minimum absolute atomic E-state index is 0.0200. The molecule has 30 heavy (non-hydrogen) atoms. The predicted molar refractivity (Wildman–Crippen MR) is 120 cm³/mol. The van der Waals surface area contributed by atoms with Gasteiger partial charge < -0.3 is 4.90 Å². The second-order valence-electron chi connectivity index (χ2n) is 7.91. The second-order valence-corrected chi connectivity index (χ2v) is 10.7. The Morgan fingerprint density at radius 2 is 1.87 bits per heavy atom. The highest BCUT2D eigenvalue weighted by Gasteiger charge is 2.36. The van der Waals surface area contributed by atoms with Gasteiger partial charge >= 0.3 is 0 Å². The molecule has 1 fully saturated rings. The number of hydrogen-bond donors (Lipinski definition) is 0. The number of para-hydroxylation sites is 1. The van der Waals surface area contributed by atoms with Gasteiger partial charge in [0.15, 0.2) is 0 Å².